The van der Waals surface area contributed by atoms with Crippen LogP contribution in [0.2, 0.25) is 0 Å². The SMILES string of the molecule is CC(C)n1cc(C(=O)Nc2ccc(Oc3ccnc4cnc(C(=O)NC5CCN(C)CC5)cc34)cn2)c(=O)c(-c2ccc(F)cn2)c1. The smallest absolute Gasteiger partial charge is 0.270 e. The van der Waals surface area contributed by atoms with Gasteiger partial charge in [-0.1, -0.05) is 0 Å². The molecule has 12 nitrogen and oxygen atoms in total. The first-order valence-corrected chi connectivity index (χ1v) is 15.2. The van der Waals surface area contributed by atoms with Crippen molar-refractivity contribution in [1.29, 1.82) is 0 Å². The van der Waals surface area contributed by atoms with Crippen molar-refractivity contribution in [3.63, 3.8) is 0 Å². The summed E-state index contributed by atoms with van der Waals surface area (Å²) >= 11 is 0. The summed E-state index contributed by atoms with van der Waals surface area (Å²) in [7, 11) is 2.07. The van der Waals surface area contributed by atoms with Crippen LogP contribution in [0, 0.1) is 5.82 Å². The van der Waals surface area contributed by atoms with Gasteiger partial charge in [0.1, 0.15) is 34.4 Å². The number of pyridine rings is 5. The molecule has 0 radical (unpaired) electrons. The van der Waals surface area contributed by atoms with Gasteiger partial charge in [0.05, 0.1) is 35.4 Å². The summed E-state index contributed by atoms with van der Waals surface area (Å²) in [5.74, 6) is -0.429. The fraction of sp³-hybridized carbons (Fsp3) is 0.265. The number of nitrogens with zero attached hydrogens (tertiary/aromatic N) is 6. The zero-order chi connectivity index (χ0) is 33.1. The van der Waals surface area contributed by atoms with Crippen LogP contribution >= 0.6 is 0 Å². The molecule has 1 aliphatic heterocycles. The quantitative estimate of drug-likeness (QED) is 0.245. The van der Waals surface area contributed by atoms with Crippen LogP contribution < -0.4 is 20.8 Å². The predicted octanol–water partition coefficient (Wildman–Crippen LogP) is 4.84. The summed E-state index contributed by atoms with van der Waals surface area (Å²) in [6, 6.07) is 9.13. The van der Waals surface area contributed by atoms with E-state index in [-0.39, 0.29) is 46.3 Å². The standard InChI is InChI=1S/C34H33FN8O4/c1-20(2)43-18-25(27-6-4-21(35)15-37-27)32(44)26(19-43)33(45)41-31-7-5-23(16-39-31)47-30-8-11-36-29-17-38-28(14-24(29)30)34(46)40-22-9-12-42(3)13-10-22/h4-8,11,14-20,22H,9-10,12-13H2,1-3H3,(H,40,46)(H,39,41,45). The molecule has 240 valence electrons. The molecule has 47 heavy (non-hydrogen) atoms. The fourth-order valence-electron chi connectivity index (χ4n) is 5.25. The number of halogens is 1. The minimum Gasteiger partial charge on any atom is -0.455 e. The van der Waals surface area contributed by atoms with Gasteiger partial charge < -0.3 is 24.8 Å². The molecule has 0 aromatic carbocycles. The van der Waals surface area contributed by atoms with E-state index in [4.69, 9.17) is 4.74 Å². The van der Waals surface area contributed by atoms with E-state index < -0.39 is 17.2 Å². The van der Waals surface area contributed by atoms with E-state index in [1.165, 1.54) is 30.7 Å². The lowest BCUT2D eigenvalue weighted by Crippen LogP contribution is -2.43. The molecule has 13 heteroatoms. The zero-order valence-corrected chi connectivity index (χ0v) is 26.1. The molecule has 2 N–H and O–H groups in total. The van der Waals surface area contributed by atoms with Gasteiger partial charge in [-0.2, -0.15) is 0 Å². The summed E-state index contributed by atoms with van der Waals surface area (Å²) < 4.78 is 21.3. The Balaban J connectivity index is 1.18. The highest BCUT2D eigenvalue weighted by Crippen LogP contribution is 2.29. The van der Waals surface area contributed by atoms with Gasteiger partial charge in [-0.25, -0.2) is 14.4 Å². The zero-order valence-electron chi connectivity index (χ0n) is 26.1. The molecule has 0 spiro atoms. The molecular weight excluding hydrogens is 603 g/mol. The molecule has 0 unspecified atom stereocenters. The number of aromatic nitrogens is 5. The van der Waals surface area contributed by atoms with Crippen LogP contribution in [0.15, 0.2) is 78.4 Å². The number of fused-ring (bicyclic) bond motifs is 1. The fourth-order valence-corrected chi connectivity index (χ4v) is 5.25. The molecular formula is C34H33FN8O4. The maximum atomic E-state index is 13.5. The lowest BCUT2D eigenvalue weighted by Gasteiger charge is -2.29. The van der Waals surface area contributed by atoms with Gasteiger partial charge in [-0.05, 0) is 83.2 Å². The van der Waals surface area contributed by atoms with Crippen LogP contribution in [0.4, 0.5) is 10.2 Å². The third kappa shape index (κ3) is 7.15. The molecule has 6 heterocycles. The number of hydrogen-bond acceptors (Lipinski definition) is 9. The average Bonchev–Trinajstić information content (AvgIpc) is 3.07. The molecule has 0 aliphatic carbocycles. The molecule has 2 amide bonds. The number of likely N-dealkylation sites (tertiary alicyclic amines) is 1. The van der Waals surface area contributed by atoms with Crippen molar-refractivity contribution in [3.05, 3.63) is 101 Å². The van der Waals surface area contributed by atoms with Crippen molar-refractivity contribution in [1.82, 2.24) is 34.7 Å². The van der Waals surface area contributed by atoms with Crippen molar-refractivity contribution in [3.8, 4) is 22.8 Å². The minimum absolute atomic E-state index is 0.0689. The lowest BCUT2D eigenvalue weighted by molar-refractivity contribution is 0.0911. The summed E-state index contributed by atoms with van der Waals surface area (Å²) in [4.78, 5) is 58.8. The van der Waals surface area contributed by atoms with Crippen molar-refractivity contribution in [2.75, 3.05) is 25.5 Å². The molecule has 6 rings (SSSR count). The third-order valence-corrected chi connectivity index (χ3v) is 7.97. The van der Waals surface area contributed by atoms with E-state index in [0.29, 0.717) is 22.4 Å². The van der Waals surface area contributed by atoms with E-state index in [1.54, 1.807) is 41.2 Å². The monoisotopic (exact) mass is 636 g/mol. The average molecular weight is 637 g/mol. The van der Waals surface area contributed by atoms with E-state index in [2.05, 4.69) is 42.5 Å². The van der Waals surface area contributed by atoms with Crippen molar-refractivity contribution in [2.45, 2.75) is 38.8 Å². The van der Waals surface area contributed by atoms with Crippen LogP contribution in [-0.4, -0.2) is 67.4 Å². The first-order chi connectivity index (χ1) is 22.6. The van der Waals surface area contributed by atoms with Crippen LogP contribution in [0.1, 0.15) is 53.6 Å². The van der Waals surface area contributed by atoms with E-state index in [0.717, 1.165) is 32.1 Å². The highest BCUT2D eigenvalue weighted by Gasteiger charge is 2.21. The molecule has 0 atom stereocenters. The summed E-state index contributed by atoms with van der Waals surface area (Å²) in [5.41, 5.74) is 0.588. The second-order valence-corrected chi connectivity index (χ2v) is 11.7. The van der Waals surface area contributed by atoms with Crippen LogP contribution in [-0.2, 0) is 0 Å². The Labute approximate surface area is 269 Å². The van der Waals surface area contributed by atoms with Gasteiger partial charge in [0.15, 0.2) is 0 Å². The highest BCUT2D eigenvalue weighted by molar-refractivity contribution is 6.04. The van der Waals surface area contributed by atoms with Crippen LogP contribution in [0.5, 0.6) is 11.5 Å². The molecule has 5 aromatic rings. The normalized spacial score (nSPS) is 13.9. The summed E-state index contributed by atoms with van der Waals surface area (Å²) in [6.07, 6.45) is 10.4. The van der Waals surface area contributed by atoms with Crippen molar-refractivity contribution in [2.24, 2.45) is 0 Å². The maximum absolute atomic E-state index is 13.5. The molecule has 5 aromatic heterocycles. The number of hydrogen-bond donors (Lipinski definition) is 2. The van der Waals surface area contributed by atoms with Gasteiger partial charge in [0, 0.05) is 36.1 Å². The predicted molar refractivity (Wildman–Crippen MR) is 174 cm³/mol. The van der Waals surface area contributed by atoms with Crippen LogP contribution in [0.3, 0.4) is 0 Å². The second-order valence-electron chi connectivity index (χ2n) is 11.7. The molecule has 1 aliphatic rings. The number of rotatable bonds is 8. The summed E-state index contributed by atoms with van der Waals surface area (Å²) in [6.45, 7) is 5.66. The Kier molecular flexibility index (Phi) is 8.98. The number of carbonyl (C=O) groups excluding carboxylic acids is 2. The largest absolute Gasteiger partial charge is 0.455 e. The van der Waals surface area contributed by atoms with E-state index in [9.17, 15) is 18.8 Å². The van der Waals surface area contributed by atoms with Crippen molar-refractivity contribution >= 4 is 28.5 Å². The van der Waals surface area contributed by atoms with Gasteiger partial charge in [0.2, 0.25) is 5.43 Å². The maximum Gasteiger partial charge on any atom is 0.270 e. The molecule has 0 saturated carbocycles. The molecule has 0 bridgehead atoms. The summed E-state index contributed by atoms with van der Waals surface area (Å²) in [5, 5.41) is 6.34. The number of anilines is 1. The van der Waals surface area contributed by atoms with Gasteiger partial charge in [-0.15, -0.1) is 0 Å². The number of ether oxygens (including phenoxy) is 1. The topological polar surface area (TPSA) is 144 Å². The Morgan fingerprint density at radius 2 is 1.77 bits per heavy atom. The lowest BCUT2D eigenvalue weighted by atomic mass is 10.1. The number of nitrogens with one attached hydrogen (secondary N) is 2. The first-order valence-electron chi connectivity index (χ1n) is 15.2. The van der Waals surface area contributed by atoms with E-state index in [1.807, 2.05) is 13.8 Å². The van der Waals surface area contributed by atoms with Gasteiger partial charge in [-0.3, -0.25) is 24.4 Å². The Morgan fingerprint density at radius 1 is 0.957 bits per heavy atom. The van der Waals surface area contributed by atoms with E-state index >= 15 is 0 Å². The molecule has 1 fully saturated rings. The first kappa shape index (κ1) is 31.4. The van der Waals surface area contributed by atoms with Gasteiger partial charge >= 0.3 is 0 Å². The highest BCUT2D eigenvalue weighted by atomic mass is 19.1. The van der Waals surface area contributed by atoms with Crippen molar-refractivity contribution < 1.29 is 18.7 Å². The number of piperidine rings is 1. The Bertz CT molecular complexity index is 1990. The minimum atomic E-state index is -0.659. The second kappa shape index (κ2) is 13.4. The Hall–Kier alpha value is -5.56. The number of carbonyl (C=O) groups is 2. The Morgan fingerprint density at radius 3 is 2.47 bits per heavy atom. The van der Waals surface area contributed by atoms with Gasteiger partial charge in [0.25, 0.3) is 11.8 Å². The molecule has 1 saturated heterocycles. The number of amides is 2. The third-order valence-electron chi connectivity index (χ3n) is 7.97. The van der Waals surface area contributed by atoms with Crippen LogP contribution in [0.25, 0.3) is 22.2 Å².